The van der Waals surface area contributed by atoms with Gasteiger partial charge in [0.05, 0.1) is 5.51 Å². The molecule has 5 heteroatoms. The second-order valence-corrected chi connectivity index (χ2v) is 5.38. The highest BCUT2D eigenvalue weighted by Gasteiger charge is 2.28. The average Bonchev–Trinajstić information content (AvgIpc) is 2.83. The molecule has 1 amide bonds. The minimum absolute atomic E-state index is 0.0770. The van der Waals surface area contributed by atoms with Crippen molar-refractivity contribution in [1.29, 1.82) is 0 Å². The third-order valence-electron chi connectivity index (χ3n) is 3.14. The van der Waals surface area contributed by atoms with Gasteiger partial charge in [-0.3, -0.25) is 4.79 Å². The number of rotatable bonds is 3. The predicted octanol–water partition coefficient (Wildman–Crippen LogP) is 1.75. The molecule has 1 aliphatic rings. The maximum Gasteiger partial charge on any atom is 0.273 e. The Morgan fingerprint density at radius 2 is 2.24 bits per heavy atom. The molecule has 0 radical (unpaired) electrons. The third-order valence-corrected chi connectivity index (χ3v) is 3.73. The Kier molecular flexibility index (Phi) is 4.12. The van der Waals surface area contributed by atoms with Crippen molar-refractivity contribution in [2.24, 2.45) is 0 Å². The number of nitrogens with one attached hydrogen (secondary N) is 1. The van der Waals surface area contributed by atoms with E-state index in [2.05, 4.69) is 24.1 Å². The van der Waals surface area contributed by atoms with Crippen LogP contribution >= 0.6 is 11.3 Å². The minimum Gasteiger partial charge on any atom is -0.332 e. The quantitative estimate of drug-likeness (QED) is 0.892. The first kappa shape index (κ1) is 12.5. The zero-order valence-corrected chi connectivity index (χ0v) is 11.2. The van der Waals surface area contributed by atoms with Crippen molar-refractivity contribution in [2.75, 3.05) is 13.1 Å². The molecule has 0 spiro atoms. The van der Waals surface area contributed by atoms with Gasteiger partial charge in [-0.1, -0.05) is 0 Å². The normalized spacial score (nSPS) is 17.4. The highest BCUT2D eigenvalue weighted by Crippen LogP contribution is 2.18. The molecule has 0 unspecified atom stereocenters. The summed E-state index contributed by atoms with van der Waals surface area (Å²) in [6.45, 7) is 6.15. The molecule has 1 fully saturated rings. The van der Waals surface area contributed by atoms with Gasteiger partial charge in [0.1, 0.15) is 5.69 Å². The van der Waals surface area contributed by atoms with E-state index in [1.165, 1.54) is 11.3 Å². The summed E-state index contributed by atoms with van der Waals surface area (Å²) in [5.41, 5.74) is 2.30. The van der Waals surface area contributed by atoms with Crippen molar-refractivity contribution < 1.29 is 4.79 Å². The Bertz CT molecular complexity index is 358. The van der Waals surface area contributed by atoms with Gasteiger partial charge in [0.25, 0.3) is 5.91 Å². The van der Waals surface area contributed by atoms with Crippen molar-refractivity contribution in [3.63, 3.8) is 0 Å². The van der Waals surface area contributed by atoms with Crippen LogP contribution in [0.5, 0.6) is 0 Å². The molecule has 1 N–H and O–H groups in total. The molecule has 0 aliphatic carbocycles. The van der Waals surface area contributed by atoms with E-state index < -0.39 is 0 Å². The van der Waals surface area contributed by atoms with Crippen LogP contribution in [0.25, 0.3) is 0 Å². The molecule has 1 aliphatic heterocycles. The zero-order valence-electron chi connectivity index (χ0n) is 10.3. The number of nitrogens with zero attached hydrogens (tertiary/aromatic N) is 2. The van der Waals surface area contributed by atoms with Crippen LogP contribution in [0.1, 0.15) is 37.2 Å². The maximum absolute atomic E-state index is 12.4. The van der Waals surface area contributed by atoms with E-state index in [1.807, 2.05) is 10.3 Å². The lowest BCUT2D eigenvalue weighted by Crippen LogP contribution is -2.49. The van der Waals surface area contributed by atoms with Crippen LogP contribution in [0.4, 0.5) is 0 Å². The number of amides is 1. The van der Waals surface area contributed by atoms with Crippen LogP contribution < -0.4 is 5.32 Å². The molecule has 2 heterocycles. The number of aromatic nitrogens is 1. The van der Waals surface area contributed by atoms with Crippen LogP contribution in [0.15, 0.2) is 10.9 Å². The van der Waals surface area contributed by atoms with E-state index in [-0.39, 0.29) is 11.9 Å². The molecular formula is C12H19N3OS. The van der Waals surface area contributed by atoms with Crippen LogP contribution in [-0.4, -0.2) is 41.0 Å². The van der Waals surface area contributed by atoms with Crippen molar-refractivity contribution in [3.05, 3.63) is 16.6 Å². The van der Waals surface area contributed by atoms with Crippen molar-refractivity contribution in [2.45, 2.75) is 38.8 Å². The highest BCUT2D eigenvalue weighted by molar-refractivity contribution is 7.07. The van der Waals surface area contributed by atoms with Crippen molar-refractivity contribution in [3.8, 4) is 0 Å². The minimum atomic E-state index is 0.0770. The van der Waals surface area contributed by atoms with Crippen LogP contribution in [0.2, 0.25) is 0 Å². The molecule has 17 heavy (non-hydrogen) atoms. The Hall–Kier alpha value is -0.940. The predicted molar refractivity (Wildman–Crippen MR) is 69.3 cm³/mol. The number of carbonyl (C=O) groups excluding carboxylic acids is 1. The molecule has 0 saturated carbocycles. The third kappa shape index (κ3) is 2.84. The second-order valence-electron chi connectivity index (χ2n) is 4.66. The molecule has 1 saturated heterocycles. The van der Waals surface area contributed by atoms with Crippen LogP contribution in [0.3, 0.4) is 0 Å². The van der Waals surface area contributed by atoms with Gasteiger partial charge in [0.15, 0.2) is 0 Å². The van der Waals surface area contributed by atoms with Gasteiger partial charge >= 0.3 is 0 Å². The molecule has 94 valence electrons. The summed E-state index contributed by atoms with van der Waals surface area (Å²) in [5.74, 6) is 0.0770. The molecule has 0 aromatic carbocycles. The zero-order chi connectivity index (χ0) is 12.3. The van der Waals surface area contributed by atoms with E-state index >= 15 is 0 Å². The Morgan fingerprint density at radius 3 is 2.76 bits per heavy atom. The lowest BCUT2D eigenvalue weighted by Gasteiger charge is -2.37. The summed E-state index contributed by atoms with van der Waals surface area (Å²) in [6, 6.07) is 0.581. The SMILES string of the molecule is CC(C)N(C(=O)c1cscn1)C1CCNCC1. The van der Waals surface area contributed by atoms with Gasteiger partial charge in [0, 0.05) is 17.5 Å². The first-order valence-corrected chi connectivity index (χ1v) is 7.06. The molecule has 1 aromatic heterocycles. The average molecular weight is 253 g/mol. The smallest absolute Gasteiger partial charge is 0.273 e. The monoisotopic (exact) mass is 253 g/mol. The Morgan fingerprint density at radius 1 is 1.53 bits per heavy atom. The summed E-state index contributed by atoms with van der Waals surface area (Å²) in [6.07, 6.45) is 2.07. The molecule has 2 rings (SSSR count). The van der Waals surface area contributed by atoms with E-state index in [4.69, 9.17) is 0 Å². The molecular weight excluding hydrogens is 234 g/mol. The van der Waals surface area contributed by atoms with Gasteiger partial charge in [-0.25, -0.2) is 4.98 Å². The van der Waals surface area contributed by atoms with Gasteiger partial charge in [-0.2, -0.15) is 0 Å². The number of piperidine rings is 1. The first-order chi connectivity index (χ1) is 8.20. The maximum atomic E-state index is 12.4. The fourth-order valence-electron chi connectivity index (χ4n) is 2.36. The largest absolute Gasteiger partial charge is 0.332 e. The van der Waals surface area contributed by atoms with E-state index in [9.17, 15) is 4.79 Å². The van der Waals surface area contributed by atoms with Crippen LogP contribution in [0, 0.1) is 0 Å². The lowest BCUT2D eigenvalue weighted by atomic mass is 10.0. The Balaban J connectivity index is 2.14. The standard InChI is InChI=1S/C12H19N3OS/c1-9(2)15(10-3-5-13-6-4-10)12(16)11-7-17-8-14-11/h7-10,13H,3-6H2,1-2H3. The van der Waals surface area contributed by atoms with E-state index in [0.29, 0.717) is 11.7 Å². The van der Waals surface area contributed by atoms with Crippen LogP contribution in [-0.2, 0) is 0 Å². The fraction of sp³-hybridized carbons (Fsp3) is 0.667. The number of hydrogen-bond acceptors (Lipinski definition) is 4. The summed E-state index contributed by atoms with van der Waals surface area (Å²) < 4.78 is 0. The summed E-state index contributed by atoms with van der Waals surface area (Å²) in [4.78, 5) is 18.5. The Labute approximate surface area is 106 Å². The van der Waals surface area contributed by atoms with Gasteiger partial charge in [-0.15, -0.1) is 11.3 Å². The van der Waals surface area contributed by atoms with Gasteiger partial charge in [0.2, 0.25) is 0 Å². The topological polar surface area (TPSA) is 45.2 Å². The number of hydrogen-bond donors (Lipinski definition) is 1. The highest BCUT2D eigenvalue weighted by atomic mass is 32.1. The van der Waals surface area contributed by atoms with Crippen molar-refractivity contribution >= 4 is 17.2 Å². The van der Waals surface area contributed by atoms with E-state index in [0.717, 1.165) is 25.9 Å². The van der Waals surface area contributed by atoms with E-state index in [1.54, 1.807) is 5.51 Å². The molecule has 0 atom stereocenters. The first-order valence-electron chi connectivity index (χ1n) is 6.11. The summed E-state index contributed by atoms with van der Waals surface area (Å²) in [5, 5.41) is 5.16. The number of thiazole rings is 1. The van der Waals surface area contributed by atoms with Gasteiger partial charge < -0.3 is 10.2 Å². The summed E-state index contributed by atoms with van der Waals surface area (Å²) in [7, 11) is 0. The van der Waals surface area contributed by atoms with Crippen molar-refractivity contribution in [1.82, 2.24) is 15.2 Å². The molecule has 4 nitrogen and oxygen atoms in total. The fourth-order valence-corrected chi connectivity index (χ4v) is 2.88. The molecule has 0 bridgehead atoms. The molecule has 1 aromatic rings. The summed E-state index contributed by atoms with van der Waals surface area (Å²) >= 11 is 1.47. The van der Waals surface area contributed by atoms with Gasteiger partial charge in [-0.05, 0) is 39.8 Å². The number of carbonyl (C=O) groups is 1. The second kappa shape index (κ2) is 5.60. The lowest BCUT2D eigenvalue weighted by molar-refractivity contribution is 0.0560.